The summed E-state index contributed by atoms with van der Waals surface area (Å²) in [6, 6.07) is 7.16. The van der Waals surface area contributed by atoms with Gasteiger partial charge in [-0.2, -0.15) is 0 Å². The van der Waals surface area contributed by atoms with Crippen LogP contribution < -0.4 is 15.5 Å². The lowest BCUT2D eigenvalue weighted by Gasteiger charge is -2.18. The number of carbonyl (C=O) groups excluding carboxylic acids is 3. The molecule has 0 unspecified atom stereocenters. The first-order chi connectivity index (χ1) is 10.9. The Labute approximate surface area is 136 Å². The van der Waals surface area contributed by atoms with Crippen LogP contribution in [0, 0.1) is 5.92 Å². The van der Waals surface area contributed by atoms with E-state index in [4.69, 9.17) is 0 Å². The van der Waals surface area contributed by atoms with Crippen molar-refractivity contribution in [1.29, 1.82) is 0 Å². The molecular weight excluding hydrogens is 294 g/mol. The van der Waals surface area contributed by atoms with Gasteiger partial charge in [0.05, 0.1) is 5.92 Å². The molecule has 1 aliphatic rings. The topological polar surface area (TPSA) is 78.5 Å². The maximum atomic E-state index is 12.2. The predicted molar refractivity (Wildman–Crippen MR) is 89.1 cm³/mol. The highest BCUT2D eigenvalue weighted by Crippen LogP contribution is 2.26. The van der Waals surface area contributed by atoms with Crippen LogP contribution in [0.4, 0.5) is 11.4 Å². The van der Waals surface area contributed by atoms with E-state index >= 15 is 0 Å². The number of anilines is 2. The van der Waals surface area contributed by atoms with Crippen LogP contribution >= 0.6 is 0 Å². The number of benzene rings is 1. The zero-order valence-corrected chi connectivity index (χ0v) is 13.8. The number of nitrogens with zero attached hydrogens (tertiary/aromatic N) is 1. The molecule has 2 N–H and O–H groups in total. The number of hydrogen-bond acceptors (Lipinski definition) is 3. The Kier molecular flexibility index (Phi) is 5.36. The van der Waals surface area contributed by atoms with Crippen LogP contribution in [0.5, 0.6) is 0 Å². The molecule has 0 radical (unpaired) electrons. The summed E-state index contributed by atoms with van der Waals surface area (Å²) in [6.45, 7) is 5.79. The third kappa shape index (κ3) is 4.31. The molecule has 2 rings (SSSR count). The minimum absolute atomic E-state index is 0.0541. The summed E-state index contributed by atoms with van der Waals surface area (Å²) < 4.78 is 0. The Balaban J connectivity index is 2.02. The van der Waals surface area contributed by atoms with Gasteiger partial charge in [0.1, 0.15) is 0 Å². The molecular formula is C17H23N3O3. The van der Waals surface area contributed by atoms with E-state index in [1.165, 1.54) is 6.92 Å². The lowest BCUT2D eigenvalue weighted by atomic mass is 10.1. The van der Waals surface area contributed by atoms with Crippen LogP contribution in [0.15, 0.2) is 24.3 Å². The largest absolute Gasteiger partial charge is 0.353 e. The molecule has 6 heteroatoms. The van der Waals surface area contributed by atoms with Crippen molar-refractivity contribution >= 4 is 29.1 Å². The second-order valence-corrected chi connectivity index (χ2v) is 5.95. The SMILES string of the molecule is CC[C@H](C)NC(=O)[C@@H]1CC(=O)N(c2ccc(NC(C)=O)cc2)C1. The van der Waals surface area contributed by atoms with Crippen molar-refractivity contribution in [2.24, 2.45) is 5.92 Å². The van der Waals surface area contributed by atoms with Crippen molar-refractivity contribution in [2.75, 3.05) is 16.8 Å². The Morgan fingerprint density at radius 3 is 2.52 bits per heavy atom. The third-order valence-corrected chi connectivity index (χ3v) is 4.00. The maximum Gasteiger partial charge on any atom is 0.227 e. The summed E-state index contributed by atoms with van der Waals surface area (Å²) in [5, 5.41) is 5.61. The smallest absolute Gasteiger partial charge is 0.227 e. The maximum absolute atomic E-state index is 12.2. The molecule has 3 amide bonds. The minimum atomic E-state index is -0.313. The molecule has 1 fully saturated rings. The first-order valence-electron chi connectivity index (χ1n) is 7.89. The van der Waals surface area contributed by atoms with Gasteiger partial charge in [-0.1, -0.05) is 6.92 Å². The lowest BCUT2D eigenvalue weighted by Crippen LogP contribution is -2.38. The van der Waals surface area contributed by atoms with Gasteiger partial charge in [0.2, 0.25) is 17.7 Å². The predicted octanol–water partition coefficient (Wildman–Crippen LogP) is 1.91. The average Bonchev–Trinajstić information content (AvgIpc) is 2.89. The van der Waals surface area contributed by atoms with Gasteiger partial charge < -0.3 is 15.5 Å². The summed E-state index contributed by atoms with van der Waals surface area (Å²) in [6.07, 6.45) is 1.09. The summed E-state index contributed by atoms with van der Waals surface area (Å²) in [7, 11) is 0. The standard InChI is InChI=1S/C17H23N3O3/c1-4-11(2)18-17(23)13-9-16(22)20(10-13)15-7-5-14(6-8-15)19-12(3)21/h5-8,11,13H,4,9-10H2,1-3H3,(H,18,23)(H,19,21)/t11-,13+/m0/s1. The summed E-state index contributed by atoms with van der Waals surface area (Å²) in [4.78, 5) is 37.0. The summed E-state index contributed by atoms with van der Waals surface area (Å²) in [5.41, 5.74) is 1.42. The molecule has 0 saturated carbocycles. The minimum Gasteiger partial charge on any atom is -0.353 e. The highest BCUT2D eigenvalue weighted by atomic mass is 16.2. The van der Waals surface area contributed by atoms with E-state index in [0.717, 1.165) is 12.1 Å². The quantitative estimate of drug-likeness (QED) is 0.871. The zero-order valence-electron chi connectivity index (χ0n) is 13.8. The van der Waals surface area contributed by atoms with Crippen molar-refractivity contribution < 1.29 is 14.4 Å². The molecule has 0 spiro atoms. The summed E-state index contributed by atoms with van der Waals surface area (Å²) >= 11 is 0. The Morgan fingerprint density at radius 1 is 1.30 bits per heavy atom. The molecule has 124 valence electrons. The lowest BCUT2D eigenvalue weighted by molar-refractivity contribution is -0.126. The van der Waals surface area contributed by atoms with Crippen LogP contribution in [0.3, 0.4) is 0 Å². The van der Waals surface area contributed by atoms with Crippen LogP contribution in [0.1, 0.15) is 33.6 Å². The van der Waals surface area contributed by atoms with Gasteiger partial charge in [-0.15, -0.1) is 0 Å². The van der Waals surface area contributed by atoms with Crippen molar-refractivity contribution in [2.45, 2.75) is 39.7 Å². The van der Waals surface area contributed by atoms with E-state index in [-0.39, 0.29) is 36.1 Å². The van der Waals surface area contributed by atoms with E-state index in [0.29, 0.717) is 12.2 Å². The number of hydrogen-bond donors (Lipinski definition) is 2. The van der Waals surface area contributed by atoms with Gasteiger partial charge in [0, 0.05) is 37.3 Å². The van der Waals surface area contributed by atoms with E-state index in [1.807, 2.05) is 13.8 Å². The van der Waals surface area contributed by atoms with Crippen LogP contribution in [-0.4, -0.2) is 30.3 Å². The second-order valence-electron chi connectivity index (χ2n) is 5.95. The number of rotatable bonds is 5. The fourth-order valence-corrected chi connectivity index (χ4v) is 2.52. The van der Waals surface area contributed by atoms with E-state index in [2.05, 4.69) is 10.6 Å². The Bertz CT molecular complexity index is 598. The van der Waals surface area contributed by atoms with E-state index in [1.54, 1.807) is 29.2 Å². The van der Waals surface area contributed by atoms with Crippen LogP contribution in [0.25, 0.3) is 0 Å². The Hall–Kier alpha value is -2.37. The molecule has 0 aromatic heterocycles. The fourth-order valence-electron chi connectivity index (χ4n) is 2.52. The van der Waals surface area contributed by atoms with Crippen molar-refractivity contribution in [3.05, 3.63) is 24.3 Å². The molecule has 6 nitrogen and oxygen atoms in total. The average molecular weight is 317 g/mol. The van der Waals surface area contributed by atoms with E-state index < -0.39 is 0 Å². The first kappa shape index (κ1) is 17.0. The molecule has 2 atom stereocenters. The molecule has 1 aliphatic heterocycles. The van der Waals surface area contributed by atoms with Gasteiger partial charge in [-0.3, -0.25) is 14.4 Å². The molecule has 0 bridgehead atoms. The fraction of sp³-hybridized carbons (Fsp3) is 0.471. The second kappa shape index (κ2) is 7.26. The van der Waals surface area contributed by atoms with Crippen molar-refractivity contribution in [3.8, 4) is 0 Å². The Morgan fingerprint density at radius 2 is 1.96 bits per heavy atom. The van der Waals surface area contributed by atoms with Crippen molar-refractivity contribution in [1.82, 2.24) is 5.32 Å². The van der Waals surface area contributed by atoms with Gasteiger partial charge in [-0.05, 0) is 37.6 Å². The van der Waals surface area contributed by atoms with E-state index in [9.17, 15) is 14.4 Å². The molecule has 1 saturated heterocycles. The molecule has 1 aromatic carbocycles. The zero-order chi connectivity index (χ0) is 17.0. The van der Waals surface area contributed by atoms with Crippen LogP contribution in [-0.2, 0) is 14.4 Å². The van der Waals surface area contributed by atoms with Crippen molar-refractivity contribution in [3.63, 3.8) is 0 Å². The summed E-state index contributed by atoms with van der Waals surface area (Å²) in [5.74, 6) is -0.574. The monoisotopic (exact) mass is 317 g/mol. The van der Waals surface area contributed by atoms with Gasteiger partial charge >= 0.3 is 0 Å². The third-order valence-electron chi connectivity index (χ3n) is 4.00. The highest BCUT2D eigenvalue weighted by Gasteiger charge is 2.35. The molecule has 1 heterocycles. The molecule has 0 aliphatic carbocycles. The number of nitrogens with one attached hydrogen (secondary N) is 2. The normalized spacial score (nSPS) is 18.7. The number of carbonyl (C=O) groups is 3. The molecule has 1 aromatic rings. The first-order valence-corrected chi connectivity index (χ1v) is 7.89. The van der Waals surface area contributed by atoms with Crippen LogP contribution in [0.2, 0.25) is 0 Å². The van der Waals surface area contributed by atoms with Gasteiger partial charge in [0.25, 0.3) is 0 Å². The molecule has 23 heavy (non-hydrogen) atoms. The highest BCUT2D eigenvalue weighted by molar-refractivity contribution is 6.00. The number of amides is 3. The van der Waals surface area contributed by atoms with Gasteiger partial charge in [-0.25, -0.2) is 0 Å². The van der Waals surface area contributed by atoms with Gasteiger partial charge in [0.15, 0.2) is 0 Å².